The van der Waals surface area contributed by atoms with E-state index in [1.165, 1.54) is 5.56 Å². The number of benzene rings is 3. The van der Waals surface area contributed by atoms with E-state index < -0.39 is 0 Å². The molecule has 0 unspecified atom stereocenters. The molecule has 0 saturated carbocycles. The number of methoxy groups -OCH3 is 1. The number of rotatable bonds is 6. The van der Waals surface area contributed by atoms with Gasteiger partial charge in [-0.05, 0) is 36.2 Å². The number of para-hydroxylation sites is 1. The van der Waals surface area contributed by atoms with Crippen LogP contribution in [-0.2, 0) is 4.74 Å². The number of aryl methyl sites for hydroxylation is 1. The minimum atomic E-state index is 0.662. The lowest BCUT2D eigenvalue weighted by Crippen LogP contribution is -2.37. The van der Waals surface area contributed by atoms with Crippen molar-refractivity contribution in [3.63, 3.8) is 0 Å². The highest BCUT2D eigenvalue weighted by atomic mass is 16.5. The maximum Gasteiger partial charge on any atom is 0.228 e. The van der Waals surface area contributed by atoms with Gasteiger partial charge in [0.25, 0.3) is 0 Å². The van der Waals surface area contributed by atoms with E-state index in [4.69, 9.17) is 19.4 Å². The molecule has 1 N–H and O–H groups in total. The minimum Gasteiger partial charge on any atom is -0.497 e. The third-order valence-electron chi connectivity index (χ3n) is 5.84. The number of anilines is 2. The second kappa shape index (κ2) is 9.89. The Labute approximate surface area is 199 Å². The molecule has 0 aliphatic carbocycles. The highest BCUT2D eigenvalue weighted by Gasteiger charge is 2.18. The molecule has 0 amide bonds. The summed E-state index contributed by atoms with van der Waals surface area (Å²) >= 11 is 0. The molecule has 1 aliphatic heterocycles. The van der Waals surface area contributed by atoms with Crippen LogP contribution in [0.4, 0.5) is 11.8 Å². The summed E-state index contributed by atoms with van der Waals surface area (Å²) in [5.74, 6) is 2.16. The topological polar surface area (TPSA) is 71.9 Å². The number of nitrogens with one attached hydrogen (secondary N) is 1. The third kappa shape index (κ3) is 4.70. The van der Waals surface area contributed by atoms with Crippen molar-refractivity contribution < 1.29 is 9.47 Å². The van der Waals surface area contributed by atoms with Crippen LogP contribution in [0.3, 0.4) is 0 Å². The van der Waals surface area contributed by atoms with Crippen LogP contribution in [0.25, 0.3) is 22.0 Å². The summed E-state index contributed by atoms with van der Waals surface area (Å²) in [6.07, 6.45) is 1.81. The fourth-order valence-electron chi connectivity index (χ4n) is 4.05. The van der Waals surface area contributed by atoms with Crippen molar-refractivity contribution in [2.75, 3.05) is 43.7 Å². The zero-order valence-electron chi connectivity index (χ0n) is 19.4. The number of ether oxygens (including phenoxy) is 2. The van der Waals surface area contributed by atoms with E-state index in [0.717, 1.165) is 46.4 Å². The van der Waals surface area contributed by atoms with Gasteiger partial charge in [-0.1, -0.05) is 54.1 Å². The van der Waals surface area contributed by atoms with Gasteiger partial charge < -0.3 is 14.4 Å². The summed E-state index contributed by atoms with van der Waals surface area (Å²) in [5, 5.41) is 5.40. The quantitative estimate of drug-likeness (QED) is 0.331. The number of nitrogens with zero attached hydrogens (tertiary/aromatic N) is 4. The molecule has 0 bridgehead atoms. The Morgan fingerprint density at radius 3 is 2.56 bits per heavy atom. The van der Waals surface area contributed by atoms with Gasteiger partial charge in [-0.15, -0.1) is 0 Å². The standard InChI is InChI=1S/C27H27N5O2/c1-19-5-3-6-20(17-19)18-28-31-26-24-8-4-7-23(21-9-11-22(33-2)12-10-21)25(24)29-27(30-26)32-13-15-34-16-14-32/h3-12,17-18H,13-16H2,1-2H3,(H,29,30,31). The van der Waals surface area contributed by atoms with Gasteiger partial charge in [0.1, 0.15) is 5.75 Å². The molecule has 0 spiro atoms. The van der Waals surface area contributed by atoms with Gasteiger partial charge in [-0.2, -0.15) is 10.1 Å². The lowest BCUT2D eigenvalue weighted by molar-refractivity contribution is 0.122. The van der Waals surface area contributed by atoms with E-state index in [2.05, 4.69) is 40.5 Å². The van der Waals surface area contributed by atoms with Crippen LogP contribution in [0, 0.1) is 6.92 Å². The molecule has 1 saturated heterocycles. The molecule has 7 heteroatoms. The van der Waals surface area contributed by atoms with Gasteiger partial charge in [0, 0.05) is 24.0 Å². The van der Waals surface area contributed by atoms with Crippen LogP contribution >= 0.6 is 0 Å². The average Bonchev–Trinajstić information content (AvgIpc) is 2.89. The Morgan fingerprint density at radius 2 is 1.79 bits per heavy atom. The second-order valence-corrected chi connectivity index (χ2v) is 8.19. The zero-order valence-corrected chi connectivity index (χ0v) is 19.4. The third-order valence-corrected chi connectivity index (χ3v) is 5.84. The first kappa shape index (κ1) is 21.9. The van der Waals surface area contributed by atoms with Crippen molar-refractivity contribution in [1.29, 1.82) is 0 Å². The van der Waals surface area contributed by atoms with Crippen molar-refractivity contribution >= 4 is 28.9 Å². The fraction of sp³-hybridized carbons (Fsp3) is 0.222. The molecule has 2 heterocycles. The van der Waals surface area contributed by atoms with Crippen molar-refractivity contribution in [3.8, 4) is 16.9 Å². The lowest BCUT2D eigenvalue weighted by Gasteiger charge is -2.27. The highest BCUT2D eigenvalue weighted by molar-refractivity contribution is 6.00. The molecule has 34 heavy (non-hydrogen) atoms. The van der Waals surface area contributed by atoms with E-state index in [-0.39, 0.29) is 0 Å². The van der Waals surface area contributed by atoms with Gasteiger partial charge in [-0.3, -0.25) is 5.43 Å². The van der Waals surface area contributed by atoms with Crippen molar-refractivity contribution in [2.24, 2.45) is 5.10 Å². The summed E-state index contributed by atoms with van der Waals surface area (Å²) in [7, 11) is 1.67. The van der Waals surface area contributed by atoms with Crippen LogP contribution in [0.1, 0.15) is 11.1 Å². The van der Waals surface area contributed by atoms with Crippen LogP contribution in [0.15, 0.2) is 71.8 Å². The predicted octanol–water partition coefficient (Wildman–Crippen LogP) is 4.90. The summed E-state index contributed by atoms with van der Waals surface area (Å²) in [6.45, 7) is 4.90. The maximum atomic E-state index is 5.53. The Balaban J connectivity index is 1.58. The van der Waals surface area contributed by atoms with E-state index in [1.807, 2.05) is 54.7 Å². The first-order valence-corrected chi connectivity index (χ1v) is 11.3. The van der Waals surface area contributed by atoms with E-state index in [9.17, 15) is 0 Å². The van der Waals surface area contributed by atoms with E-state index >= 15 is 0 Å². The first-order valence-electron chi connectivity index (χ1n) is 11.3. The molecule has 3 aromatic carbocycles. The molecule has 1 aliphatic rings. The number of hydrazone groups is 1. The minimum absolute atomic E-state index is 0.662. The van der Waals surface area contributed by atoms with Crippen LogP contribution in [-0.4, -0.2) is 49.6 Å². The van der Waals surface area contributed by atoms with Crippen molar-refractivity contribution in [1.82, 2.24) is 9.97 Å². The Bertz CT molecular complexity index is 1310. The number of hydrogen-bond acceptors (Lipinski definition) is 7. The highest BCUT2D eigenvalue weighted by Crippen LogP contribution is 2.33. The monoisotopic (exact) mass is 453 g/mol. The SMILES string of the molecule is COc1ccc(-c2cccc3c(NN=Cc4cccc(C)c4)nc(N4CCOCC4)nc23)cc1. The van der Waals surface area contributed by atoms with Gasteiger partial charge >= 0.3 is 0 Å². The van der Waals surface area contributed by atoms with Gasteiger partial charge in [0.15, 0.2) is 5.82 Å². The molecule has 172 valence electrons. The smallest absolute Gasteiger partial charge is 0.228 e. The van der Waals surface area contributed by atoms with Crippen molar-refractivity contribution in [3.05, 3.63) is 77.9 Å². The average molecular weight is 454 g/mol. The van der Waals surface area contributed by atoms with Crippen molar-refractivity contribution in [2.45, 2.75) is 6.92 Å². The molecular weight excluding hydrogens is 426 g/mol. The van der Waals surface area contributed by atoms with Gasteiger partial charge in [0.05, 0.1) is 32.1 Å². The summed E-state index contributed by atoms with van der Waals surface area (Å²) in [4.78, 5) is 12.0. The number of aromatic nitrogens is 2. The Hall–Kier alpha value is -3.97. The summed E-state index contributed by atoms with van der Waals surface area (Å²) in [6, 6.07) is 22.4. The molecule has 5 rings (SSSR count). The Kier molecular flexibility index (Phi) is 6.35. The molecule has 1 aromatic heterocycles. The molecule has 7 nitrogen and oxygen atoms in total. The molecule has 0 radical (unpaired) electrons. The van der Waals surface area contributed by atoms with E-state index in [0.29, 0.717) is 25.0 Å². The van der Waals surface area contributed by atoms with Gasteiger partial charge in [0.2, 0.25) is 5.95 Å². The van der Waals surface area contributed by atoms with Gasteiger partial charge in [-0.25, -0.2) is 4.98 Å². The number of fused-ring (bicyclic) bond motifs is 1. The fourth-order valence-corrected chi connectivity index (χ4v) is 4.05. The maximum absolute atomic E-state index is 5.53. The molecule has 4 aromatic rings. The Morgan fingerprint density at radius 1 is 1.00 bits per heavy atom. The van der Waals surface area contributed by atoms with Crippen LogP contribution < -0.4 is 15.1 Å². The molecule has 1 fully saturated rings. The predicted molar refractivity (Wildman–Crippen MR) is 137 cm³/mol. The summed E-state index contributed by atoms with van der Waals surface area (Å²) in [5.41, 5.74) is 8.35. The molecule has 0 atom stereocenters. The first-order chi connectivity index (χ1) is 16.7. The number of hydrogen-bond donors (Lipinski definition) is 1. The molecular formula is C27H27N5O2. The van der Waals surface area contributed by atoms with Crippen LogP contribution in [0.5, 0.6) is 5.75 Å². The lowest BCUT2D eigenvalue weighted by atomic mass is 10.0. The van der Waals surface area contributed by atoms with Crippen LogP contribution in [0.2, 0.25) is 0 Å². The normalized spacial score (nSPS) is 14.0. The largest absolute Gasteiger partial charge is 0.497 e. The van der Waals surface area contributed by atoms with E-state index in [1.54, 1.807) is 7.11 Å². The summed E-state index contributed by atoms with van der Waals surface area (Å²) < 4.78 is 10.9. The number of morpholine rings is 1. The second-order valence-electron chi connectivity index (χ2n) is 8.19. The zero-order chi connectivity index (χ0) is 23.3.